The van der Waals surface area contributed by atoms with E-state index < -0.39 is 0 Å². The Balaban J connectivity index is 2.06. The Hall–Kier alpha value is -2.04. The predicted octanol–water partition coefficient (Wildman–Crippen LogP) is 2.21. The van der Waals surface area contributed by atoms with Gasteiger partial charge in [-0.2, -0.15) is 0 Å². The van der Waals surface area contributed by atoms with Gasteiger partial charge < -0.3 is 5.32 Å². The van der Waals surface area contributed by atoms with Crippen LogP contribution in [0.4, 0.5) is 5.69 Å². The molecule has 0 radical (unpaired) electrons. The Morgan fingerprint density at radius 1 is 1.20 bits per heavy atom. The highest BCUT2D eigenvalue weighted by Gasteiger charge is 2.26. The van der Waals surface area contributed by atoms with Crippen LogP contribution in [0, 0.1) is 5.92 Å². The van der Waals surface area contributed by atoms with Crippen LogP contribution in [0.5, 0.6) is 0 Å². The van der Waals surface area contributed by atoms with Gasteiger partial charge in [-0.25, -0.2) is 0 Å². The van der Waals surface area contributed by atoms with Crippen LogP contribution in [0.25, 0.3) is 10.8 Å². The number of aromatic nitrogens is 2. The summed E-state index contributed by atoms with van der Waals surface area (Å²) in [6, 6.07) is 5.77. The van der Waals surface area contributed by atoms with E-state index in [0.717, 1.165) is 18.5 Å². The number of hydrogen-bond acceptors (Lipinski definition) is 3. The van der Waals surface area contributed by atoms with Crippen molar-refractivity contribution in [1.29, 1.82) is 0 Å². The van der Waals surface area contributed by atoms with E-state index in [1.54, 1.807) is 6.07 Å². The highest BCUT2D eigenvalue weighted by molar-refractivity contribution is 5.92. The number of anilines is 1. The van der Waals surface area contributed by atoms with Crippen LogP contribution in [-0.2, 0) is 0 Å². The van der Waals surface area contributed by atoms with Gasteiger partial charge in [-0.05, 0) is 30.9 Å². The maximum Gasteiger partial charge on any atom is 0.272 e. The third-order valence-corrected chi connectivity index (χ3v) is 4.35. The molecule has 0 amide bonds. The number of rotatable bonds is 3. The highest BCUT2D eigenvalue weighted by Crippen LogP contribution is 2.31. The second-order valence-corrected chi connectivity index (χ2v) is 5.49. The van der Waals surface area contributed by atoms with Crippen LogP contribution < -0.4 is 16.4 Å². The molecule has 20 heavy (non-hydrogen) atoms. The Morgan fingerprint density at radius 2 is 2.00 bits per heavy atom. The molecule has 0 spiro atoms. The van der Waals surface area contributed by atoms with Crippen molar-refractivity contribution in [3.05, 3.63) is 38.9 Å². The van der Waals surface area contributed by atoms with Crippen LogP contribution in [-0.4, -0.2) is 16.2 Å². The molecule has 1 aromatic heterocycles. The standard InChI is InChI=1S/C15H19N3O2/c1-2-9-5-3-7-11(9)16-12-8-4-6-10-13(12)15(20)18-17-14(10)19/h4,6,8-9,11,16H,2-3,5,7H2,1H3,(H,17,19)(H,18,20). The van der Waals surface area contributed by atoms with Crippen molar-refractivity contribution < 1.29 is 0 Å². The van der Waals surface area contributed by atoms with Gasteiger partial charge in [0.1, 0.15) is 0 Å². The lowest BCUT2D eigenvalue weighted by molar-refractivity contribution is 0.489. The predicted molar refractivity (Wildman–Crippen MR) is 80.2 cm³/mol. The number of benzene rings is 1. The third-order valence-electron chi connectivity index (χ3n) is 4.35. The summed E-state index contributed by atoms with van der Waals surface area (Å²) in [5.74, 6) is 0.645. The fraction of sp³-hybridized carbons (Fsp3) is 0.467. The molecule has 1 aromatic carbocycles. The average Bonchev–Trinajstić information content (AvgIpc) is 2.90. The minimum atomic E-state index is -0.262. The second kappa shape index (κ2) is 5.15. The van der Waals surface area contributed by atoms with Crippen molar-refractivity contribution >= 4 is 16.5 Å². The molecule has 3 N–H and O–H groups in total. The lowest BCUT2D eigenvalue weighted by atomic mass is 10.00. The lowest BCUT2D eigenvalue weighted by Crippen LogP contribution is -2.26. The largest absolute Gasteiger partial charge is 0.381 e. The monoisotopic (exact) mass is 273 g/mol. The van der Waals surface area contributed by atoms with E-state index in [1.807, 2.05) is 12.1 Å². The summed E-state index contributed by atoms with van der Waals surface area (Å²) in [5, 5.41) is 9.13. The minimum absolute atomic E-state index is 0.256. The summed E-state index contributed by atoms with van der Waals surface area (Å²) < 4.78 is 0. The van der Waals surface area contributed by atoms with Gasteiger partial charge in [-0.1, -0.05) is 25.8 Å². The van der Waals surface area contributed by atoms with Gasteiger partial charge in [0.2, 0.25) is 0 Å². The number of H-pyrrole nitrogens is 2. The van der Waals surface area contributed by atoms with E-state index in [1.165, 1.54) is 12.8 Å². The molecule has 1 aliphatic carbocycles. The molecule has 106 valence electrons. The van der Waals surface area contributed by atoms with E-state index in [9.17, 15) is 9.59 Å². The van der Waals surface area contributed by atoms with Crippen LogP contribution in [0.15, 0.2) is 27.8 Å². The van der Waals surface area contributed by atoms with E-state index in [-0.39, 0.29) is 11.1 Å². The molecule has 1 heterocycles. The van der Waals surface area contributed by atoms with Crippen LogP contribution in [0.3, 0.4) is 0 Å². The molecule has 0 saturated heterocycles. The first-order chi connectivity index (χ1) is 9.70. The van der Waals surface area contributed by atoms with E-state index in [4.69, 9.17) is 0 Å². The maximum atomic E-state index is 12.0. The SMILES string of the molecule is CCC1CCCC1Nc1cccc2c(=O)[nH][nH]c(=O)c12. The minimum Gasteiger partial charge on any atom is -0.381 e. The van der Waals surface area contributed by atoms with E-state index in [0.29, 0.717) is 22.7 Å². The molecule has 1 fully saturated rings. The normalized spacial score (nSPS) is 22.2. The molecule has 2 atom stereocenters. The van der Waals surface area contributed by atoms with Crippen molar-refractivity contribution in [3.63, 3.8) is 0 Å². The average molecular weight is 273 g/mol. The fourth-order valence-electron chi connectivity index (χ4n) is 3.27. The van der Waals surface area contributed by atoms with Crippen LogP contribution in [0.1, 0.15) is 32.6 Å². The van der Waals surface area contributed by atoms with Crippen LogP contribution >= 0.6 is 0 Å². The van der Waals surface area contributed by atoms with E-state index in [2.05, 4.69) is 22.4 Å². The van der Waals surface area contributed by atoms with Gasteiger partial charge in [0.25, 0.3) is 11.1 Å². The zero-order chi connectivity index (χ0) is 14.1. The van der Waals surface area contributed by atoms with Gasteiger partial charge in [-0.15, -0.1) is 0 Å². The molecule has 1 aliphatic rings. The summed E-state index contributed by atoms with van der Waals surface area (Å²) in [7, 11) is 0. The van der Waals surface area contributed by atoms with Crippen LogP contribution in [0.2, 0.25) is 0 Å². The van der Waals surface area contributed by atoms with Gasteiger partial charge in [-0.3, -0.25) is 19.8 Å². The van der Waals surface area contributed by atoms with Crippen molar-refractivity contribution in [2.75, 3.05) is 5.32 Å². The Bertz CT molecular complexity index is 732. The molecule has 2 unspecified atom stereocenters. The molecule has 0 bridgehead atoms. The topological polar surface area (TPSA) is 77.8 Å². The summed E-state index contributed by atoms with van der Waals surface area (Å²) in [4.78, 5) is 23.8. The molecule has 0 aliphatic heterocycles. The molecule has 1 saturated carbocycles. The molecule has 5 heteroatoms. The maximum absolute atomic E-state index is 12.0. The molecular weight excluding hydrogens is 254 g/mol. The molecule has 3 rings (SSSR count). The van der Waals surface area contributed by atoms with Gasteiger partial charge >= 0.3 is 0 Å². The van der Waals surface area contributed by atoms with Crippen molar-refractivity contribution in [3.8, 4) is 0 Å². The van der Waals surface area contributed by atoms with Crippen molar-refractivity contribution in [2.24, 2.45) is 5.92 Å². The first-order valence-electron chi connectivity index (χ1n) is 7.21. The summed E-state index contributed by atoms with van der Waals surface area (Å²) in [5.41, 5.74) is 0.246. The van der Waals surface area contributed by atoms with E-state index >= 15 is 0 Å². The quantitative estimate of drug-likeness (QED) is 0.802. The zero-order valence-electron chi connectivity index (χ0n) is 11.5. The van der Waals surface area contributed by atoms with Gasteiger partial charge in [0.15, 0.2) is 0 Å². The van der Waals surface area contributed by atoms with Gasteiger partial charge in [0.05, 0.1) is 10.8 Å². The molecule has 5 nitrogen and oxygen atoms in total. The van der Waals surface area contributed by atoms with Crippen molar-refractivity contribution in [2.45, 2.75) is 38.6 Å². The van der Waals surface area contributed by atoms with Gasteiger partial charge in [0, 0.05) is 11.7 Å². The number of nitrogens with one attached hydrogen (secondary N) is 3. The molecule has 2 aromatic rings. The van der Waals surface area contributed by atoms with Crippen molar-refractivity contribution in [1.82, 2.24) is 10.2 Å². The highest BCUT2D eigenvalue weighted by atomic mass is 16.1. The first-order valence-corrected chi connectivity index (χ1v) is 7.21. The summed E-state index contributed by atoms with van der Waals surface area (Å²) in [6.45, 7) is 2.20. The summed E-state index contributed by atoms with van der Waals surface area (Å²) in [6.07, 6.45) is 4.71. The Kier molecular flexibility index (Phi) is 3.34. The number of aromatic amines is 2. The third kappa shape index (κ3) is 2.13. The zero-order valence-corrected chi connectivity index (χ0v) is 11.5. The lowest BCUT2D eigenvalue weighted by Gasteiger charge is -2.21. The fourth-order valence-corrected chi connectivity index (χ4v) is 3.27. The smallest absolute Gasteiger partial charge is 0.272 e. The number of fused-ring (bicyclic) bond motifs is 1. The Morgan fingerprint density at radius 3 is 2.80 bits per heavy atom. The Labute approximate surface area is 116 Å². The summed E-state index contributed by atoms with van der Waals surface area (Å²) >= 11 is 0. The first kappa shape index (κ1) is 13.0. The second-order valence-electron chi connectivity index (χ2n) is 5.49. The molecular formula is C15H19N3O2. The number of hydrogen-bond donors (Lipinski definition) is 3.